The van der Waals surface area contributed by atoms with Gasteiger partial charge in [-0.05, 0) is 6.92 Å². The molecule has 0 fully saturated rings. The van der Waals surface area contributed by atoms with Gasteiger partial charge in [-0.1, -0.05) is 6.92 Å². The predicted molar refractivity (Wildman–Crippen MR) is 66.4 cm³/mol. The van der Waals surface area contributed by atoms with Crippen molar-refractivity contribution < 1.29 is 4.79 Å². The molecule has 0 aliphatic rings. The average molecular weight is 238 g/mol. The van der Waals surface area contributed by atoms with E-state index in [2.05, 4.69) is 15.4 Å². The van der Waals surface area contributed by atoms with Crippen LogP contribution >= 0.6 is 0 Å². The van der Waals surface area contributed by atoms with Gasteiger partial charge < -0.3 is 16.1 Å². The lowest BCUT2D eigenvalue weighted by Crippen LogP contribution is -2.32. The van der Waals surface area contributed by atoms with Gasteiger partial charge in [-0.2, -0.15) is 0 Å². The molecule has 1 rings (SSSR count). The van der Waals surface area contributed by atoms with Gasteiger partial charge in [0.2, 0.25) is 5.91 Å². The smallest absolute Gasteiger partial charge is 0.236 e. The van der Waals surface area contributed by atoms with E-state index in [-0.39, 0.29) is 6.54 Å². The summed E-state index contributed by atoms with van der Waals surface area (Å²) in [6.45, 7) is 3.88. The van der Waals surface area contributed by atoms with Crippen LogP contribution in [0.5, 0.6) is 0 Å². The predicted octanol–water partition coefficient (Wildman–Crippen LogP) is -0.445. The van der Waals surface area contributed by atoms with E-state index in [0.717, 1.165) is 5.56 Å². The Balaban J connectivity index is 3.16. The van der Waals surface area contributed by atoms with Crippen molar-refractivity contribution in [3.63, 3.8) is 0 Å². The summed E-state index contributed by atoms with van der Waals surface area (Å²) < 4.78 is 0. The Hall–Kier alpha value is -1.89. The van der Waals surface area contributed by atoms with Crippen molar-refractivity contribution in [1.82, 2.24) is 9.97 Å². The van der Waals surface area contributed by atoms with Crippen LogP contribution in [0.2, 0.25) is 0 Å². The molecular formula is C10H18N6O. The molecule has 17 heavy (non-hydrogen) atoms. The van der Waals surface area contributed by atoms with Gasteiger partial charge in [0.15, 0.2) is 0 Å². The third kappa shape index (κ3) is 3.04. The molecule has 0 saturated carbocycles. The number of nitrogens with zero attached hydrogens (tertiary/aromatic N) is 3. The molecule has 0 spiro atoms. The summed E-state index contributed by atoms with van der Waals surface area (Å²) >= 11 is 0. The van der Waals surface area contributed by atoms with Crippen LogP contribution in [0.15, 0.2) is 0 Å². The van der Waals surface area contributed by atoms with E-state index in [1.807, 2.05) is 13.8 Å². The normalized spacial score (nSPS) is 10.1. The molecule has 1 amide bonds. The minimum Gasteiger partial charge on any atom is -0.368 e. The lowest BCUT2D eigenvalue weighted by Gasteiger charge is -2.20. The summed E-state index contributed by atoms with van der Waals surface area (Å²) in [6, 6.07) is 0. The Morgan fingerprint density at radius 1 is 1.47 bits per heavy atom. The van der Waals surface area contributed by atoms with Crippen molar-refractivity contribution in [3.05, 3.63) is 11.4 Å². The van der Waals surface area contributed by atoms with E-state index in [0.29, 0.717) is 23.9 Å². The fourth-order valence-corrected chi connectivity index (χ4v) is 1.53. The standard InChI is InChI=1S/C10H18N6O/c1-4-8-13-9(15-12)6(2)10(14-8)16(3)5-7(11)17/h4-5,12H2,1-3H3,(H2,11,17)(H,13,14,15). The number of anilines is 2. The van der Waals surface area contributed by atoms with Gasteiger partial charge in [0.1, 0.15) is 17.5 Å². The zero-order chi connectivity index (χ0) is 13.0. The molecule has 1 heterocycles. The molecule has 94 valence electrons. The highest BCUT2D eigenvalue weighted by Gasteiger charge is 2.14. The van der Waals surface area contributed by atoms with E-state index < -0.39 is 5.91 Å². The molecule has 0 unspecified atom stereocenters. The van der Waals surface area contributed by atoms with Crippen molar-refractivity contribution in [1.29, 1.82) is 0 Å². The molecule has 0 radical (unpaired) electrons. The molecule has 0 bridgehead atoms. The van der Waals surface area contributed by atoms with Crippen molar-refractivity contribution in [2.24, 2.45) is 11.6 Å². The van der Waals surface area contributed by atoms with Crippen LogP contribution < -0.4 is 21.9 Å². The number of primary amides is 1. The second-order valence-electron chi connectivity index (χ2n) is 3.76. The topological polar surface area (TPSA) is 110 Å². The fourth-order valence-electron chi connectivity index (χ4n) is 1.53. The van der Waals surface area contributed by atoms with Gasteiger partial charge >= 0.3 is 0 Å². The van der Waals surface area contributed by atoms with E-state index in [4.69, 9.17) is 11.6 Å². The van der Waals surface area contributed by atoms with Crippen molar-refractivity contribution in [2.75, 3.05) is 23.9 Å². The summed E-state index contributed by atoms with van der Waals surface area (Å²) in [4.78, 5) is 21.2. The Labute approximate surface area is 100 Å². The second kappa shape index (κ2) is 5.44. The second-order valence-corrected chi connectivity index (χ2v) is 3.76. The molecule has 5 N–H and O–H groups in total. The van der Waals surface area contributed by atoms with Gasteiger partial charge in [-0.25, -0.2) is 15.8 Å². The maximum atomic E-state index is 10.9. The first-order valence-corrected chi connectivity index (χ1v) is 5.33. The number of carbonyl (C=O) groups is 1. The Morgan fingerprint density at radius 3 is 2.59 bits per heavy atom. The Bertz CT molecular complexity index is 420. The maximum Gasteiger partial charge on any atom is 0.236 e. The monoisotopic (exact) mass is 238 g/mol. The SMILES string of the molecule is CCc1nc(NN)c(C)c(N(C)CC(N)=O)n1. The molecule has 1 aromatic heterocycles. The van der Waals surface area contributed by atoms with Crippen LogP contribution in [0.1, 0.15) is 18.3 Å². The fraction of sp³-hybridized carbons (Fsp3) is 0.500. The largest absolute Gasteiger partial charge is 0.368 e. The number of aryl methyl sites for hydroxylation is 1. The van der Waals surface area contributed by atoms with E-state index >= 15 is 0 Å². The molecule has 0 saturated heterocycles. The van der Waals surface area contributed by atoms with Gasteiger partial charge in [-0.3, -0.25) is 4.79 Å². The number of amides is 1. The summed E-state index contributed by atoms with van der Waals surface area (Å²) in [7, 11) is 1.75. The number of rotatable bonds is 5. The third-order valence-electron chi connectivity index (χ3n) is 2.37. The molecule has 0 aliphatic carbocycles. The number of hydrogen-bond acceptors (Lipinski definition) is 6. The minimum absolute atomic E-state index is 0.102. The summed E-state index contributed by atoms with van der Waals surface area (Å²) in [5, 5.41) is 0. The number of nitrogens with one attached hydrogen (secondary N) is 1. The number of nitrogens with two attached hydrogens (primary N) is 2. The van der Waals surface area contributed by atoms with E-state index in [1.54, 1.807) is 11.9 Å². The average Bonchev–Trinajstić information content (AvgIpc) is 2.28. The highest BCUT2D eigenvalue weighted by molar-refractivity contribution is 5.79. The van der Waals surface area contributed by atoms with Crippen molar-refractivity contribution in [3.8, 4) is 0 Å². The zero-order valence-electron chi connectivity index (χ0n) is 10.3. The maximum absolute atomic E-state index is 10.9. The number of carbonyl (C=O) groups excluding carboxylic acids is 1. The number of nitrogen functional groups attached to an aromatic ring is 1. The molecule has 0 aromatic carbocycles. The number of aromatic nitrogens is 2. The number of likely N-dealkylation sites (N-methyl/N-ethyl adjacent to an activating group) is 1. The lowest BCUT2D eigenvalue weighted by molar-refractivity contribution is -0.116. The zero-order valence-corrected chi connectivity index (χ0v) is 10.3. The van der Waals surface area contributed by atoms with Crippen LogP contribution in [-0.4, -0.2) is 29.5 Å². The molecular weight excluding hydrogens is 220 g/mol. The molecule has 7 nitrogen and oxygen atoms in total. The van der Waals surface area contributed by atoms with Crippen LogP contribution in [0.25, 0.3) is 0 Å². The first kappa shape index (κ1) is 13.2. The number of hydrogen-bond donors (Lipinski definition) is 3. The van der Waals surface area contributed by atoms with E-state index in [9.17, 15) is 4.79 Å². The first-order chi connectivity index (χ1) is 7.99. The Kier molecular flexibility index (Phi) is 4.22. The highest BCUT2D eigenvalue weighted by atomic mass is 16.1. The summed E-state index contributed by atoms with van der Waals surface area (Å²) in [5.74, 6) is 6.86. The first-order valence-electron chi connectivity index (χ1n) is 5.33. The summed E-state index contributed by atoms with van der Waals surface area (Å²) in [5.41, 5.74) is 8.47. The Morgan fingerprint density at radius 2 is 2.12 bits per heavy atom. The highest BCUT2D eigenvalue weighted by Crippen LogP contribution is 2.21. The molecule has 1 aromatic rings. The number of hydrazine groups is 1. The van der Waals surface area contributed by atoms with Crippen LogP contribution in [0.3, 0.4) is 0 Å². The van der Waals surface area contributed by atoms with Crippen LogP contribution in [0, 0.1) is 6.92 Å². The van der Waals surface area contributed by atoms with Crippen LogP contribution in [-0.2, 0) is 11.2 Å². The van der Waals surface area contributed by atoms with E-state index in [1.165, 1.54) is 0 Å². The molecule has 0 aliphatic heterocycles. The van der Waals surface area contributed by atoms with Crippen LogP contribution in [0.4, 0.5) is 11.6 Å². The van der Waals surface area contributed by atoms with Crippen molar-refractivity contribution >= 4 is 17.5 Å². The van der Waals surface area contributed by atoms with Gasteiger partial charge in [0, 0.05) is 19.0 Å². The van der Waals surface area contributed by atoms with Gasteiger partial charge in [0.25, 0.3) is 0 Å². The third-order valence-corrected chi connectivity index (χ3v) is 2.37. The quantitative estimate of drug-likeness (QED) is 0.473. The minimum atomic E-state index is -0.411. The summed E-state index contributed by atoms with van der Waals surface area (Å²) in [6.07, 6.45) is 0.687. The van der Waals surface area contributed by atoms with Gasteiger partial charge in [0.05, 0.1) is 6.54 Å². The molecule has 0 atom stereocenters. The van der Waals surface area contributed by atoms with Gasteiger partial charge in [-0.15, -0.1) is 0 Å². The molecule has 7 heteroatoms. The lowest BCUT2D eigenvalue weighted by atomic mass is 10.2. The van der Waals surface area contributed by atoms with Crippen molar-refractivity contribution in [2.45, 2.75) is 20.3 Å².